The van der Waals surface area contributed by atoms with Gasteiger partial charge < -0.3 is 20.9 Å². The molecule has 2 heterocycles. The van der Waals surface area contributed by atoms with Crippen LogP contribution in [0.2, 0.25) is 0 Å². The van der Waals surface area contributed by atoms with E-state index in [0.717, 1.165) is 11.4 Å². The number of thioether (sulfide) groups is 1. The monoisotopic (exact) mass is 532 g/mol. The van der Waals surface area contributed by atoms with Crippen molar-refractivity contribution in [2.45, 2.75) is 17.5 Å². The smallest absolute Gasteiger partial charge is 0.187 e. The molecule has 2 aromatic carbocycles. The standard InChI is InChI=1S/C26H21FN6O2S2/c27-11-16-2-1-3-18(10-16)31-26-32-19(15-37-26)14-36-25-22(13-29)23(21(12-28)24(30)33-25)17-4-6-20(7-5-17)35-9-8-34/h1-7,10,15,34H,8-9,11,14H2,(H2,30,33)(H,31,32). The Balaban J connectivity index is 1.57. The number of nitrogens with one attached hydrogen (secondary N) is 1. The number of aliphatic hydroxyl groups is 1. The molecule has 0 aliphatic carbocycles. The van der Waals surface area contributed by atoms with E-state index in [1.54, 1.807) is 42.5 Å². The number of pyridine rings is 1. The third-order valence-corrected chi connectivity index (χ3v) is 6.98. The van der Waals surface area contributed by atoms with Crippen LogP contribution >= 0.6 is 23.1 Å². The molecule has 0 fully saturated rings. The van der Waals surface area contributed by atoms with Crippen molar-refractivity contribution in [1.29, 1.82) is 10.5 Å². The topological polar surface area (TPSA) is 141 Å². The van der Waals surface area contributed by atoms with Crippen LogP contribution in [0.5, 0.6) is 5.75 Å². The minimum absolute atomic E-state index is 0.0352. The molecule has 8 nitrogen and oxygen atoms in total. The Hall–Kier alpha value is -4.16. The number of aromatic nitrogens is 2. The molecule has 0 radical (unpaired) electrons. The quantitative estimate of drug-likeness (QED) is 0.229. The third kappa shape index (κ3) is 6.16. The number of benzene rings is 2. The first-order chi connectivity index (χ1) is 18.1. The first-order valence-corrected chi connectivity index (χ1v) is 12.9. The van der Waals surface area contributed by atoms with Gasteiger partial charge in [-0.1, -0.05) is 36.0 Å². The largest absolute Gasteiger partial charge is 0.491 e. The summed E-state index contributed by atoms with van der Waals surface area (Å²) in [5, 5.41) is 34.8. The summed E-state index contributed by atoms with van der Waals surface area (Å²) in [6, 6.07) is 18.2. The summed E-state index contributed by atoms with van der Waals surface area (Å²) in [6.45, 7) is -0.489. The van der Waals surface area contributed by atoms with Crippen LogP contribution in [-0.2, 0) is 12.4 Å². The molecule has 4 aromatic rings. The van der Waals surface area contributed by atoms with Crippen LogP contribution in [0.1, 0.15) is 22.4 Å². The first-order valence-electron chi connectivity index (χ1n) is 11.0. The van der Waals surface area contributed by atoms with Gasteiger partial charge in [-0.15, -0.1) is 11.3 Å². The lowest BCUT2D eigenvalue weighted by atomic mass is 9.97. The fourth-order valence-electron chi connectivity index (χ4n) is 3.50. The van der Waals surface area contributed by atoms with E-state index in [0.29, 0.717) is 38.4 Å². The number of alkyl halides is 1. The van der Waals surface area contributed by atoms with Crippen molar-refractivity contribution >= 4 is 39.7 Å². The van der Waals surface area contributed by atoms with Gasteiger partial charge in [-0.25, -0.2) is 14.4 Å². The van der Waals surface area contributed by atoms with E-state index < -0.39 is 6.67 Å². The van der Waals surface area contributed by atoms with Crippen LogP contribution < -0.4 is 15.8 Å². The van der Waals surface area contributed by atoms with E-state index in [9.17, 15) is 14.9 Å². The molecule has 0 bridgehead atoms. The average Bonchev–Trinajstić information content (AvgIpc) is 3.37. The molecule has 0 aliphatic heterocycles. The minimum atomic E-state index is -0.541. The molecule has 4 N–H and O–H groups in total. The van der Waals surface area contributed by atoms with Gasteiger partial charge in [0, 0.05) is 22.4 Å². The van der Waals surface area contributed by atoms with Crippen LogP contribution in [0.15, 0.2) is 58.9 Å². The summed E-state index contributed by atoms with van der Waals surface area (Å²) < 4.78 is 18.3. The Morgan fingerprint density at radius 1 is 1.11 bits per heavy atom. The van der Waals surface area contributed by atoms with Crippen molar-refractivity contribution in [2.24, 2.45) is 0 Å². The Labute approximate surface area is 221 Å². The maximum atomic E-state index is 12.9. The molecule has 0 unspecified atom stereocenters. The zero-order valence-corrected chi connectivity index (χ0v) is 21.1. The van der Waals surface area contributed by atoms with Crippen LogP contribution in [-0.4, -0.2) is 28.3 Å². The van der Waals surface area contributed by atoms with Gasteiger partial charge in [0.05, 0.1) is 17.9 Å². The maximum Gasteiger partial charge on any atom is 0.187 e. The summed E-state index contributed by atoms with van der Waals surface area (Å²) in [4.78, 5) is 8.90. The SMILES string of the molecule is N#Cc1c(N)nc(SCc2csc(Nc3cccc(CF)c3)n2)c(C#N)c1-c1ccc(OCCO)cc1. The van der Waals surface area contributed by atoms with E-state index in [1.807, 2.05) is 11.4 Å². The van der Waals surface area contributed by atoms with E-state index in [2.05, 4.69) is 27.4 Å². The second kappa shape index (κ2) is 12.2. The van der Waals surface area contributed by atoms with Gasteiger partial charge >= 0.3 is 0 Å². The highest BCUT2D eigenvalue weighted by Crippen LogP contribution is 2.37. The minimum Gasteiger partial charge on any atom is -0.491 e. The Kier molecular flexibility index (Phi) is 8.54. The summed E-state index contributed by atoms with van der Waals surface area (Å²) in [5.41, 5.74) is 9.60. The second-order valence-corrected chi connectivity index (χ2v) is 9.46. The number of nitrogen functional groups attached to an aromatic ring is 1. The second-order valence-electron chi connectivity index (χ2n) is 7.64. The zero-order chi connectivity index (χ0) is 26.2. The van der Waals surface area contributed by atoms with Crippen LogP contribution in [0.3, 0.4) is 0 Å². The molecule has 0 saturated carbocycles. The normalized spacial score (nSPS) is 10.5. The molecule has 4 rings (SSSR count). The molecule has 11 heteroatoms. The Morgan fingerprint density at radius 2 is 1.89 bits per heavy atom. The lowest BCUT2D eigenvalue weighted by molar-refractivity contribution is 0.201. The number of thiazole rings is 1. The van der Waals surface area contributed by atoms with Crippen molar-refractivity contribution in [3.05, 3.63) is 76.3 Å². The highest BCUT2D eigenvalue weighted by molar-refractivity contribution is 7.98. The van der Waals surface area contributed by atoms with Crippen LogP contribution in [0.25, 0.3) is 11.1 Å². The van der Waals surface area contributed by atoms with Gasteiger partial charge in [0.2, 0.25) is 0 Å². The van der Waals surface area contributed by atoms with Gasteiger partial charge in [0.1, 0.15) is 47.6 Å². The number of ether oxygens (including phenoxy) is 1. The third-order valence-electron chi connectivity index (χ3n) is 5.16. The summed E-state index contributed by atoms with van der Waals surface area (Å²) in [5.74, 6) is 1.01. The maximum absolute atomic E-state index is 12.9. The van der Waals surface area contributed by atoms with Crippen LogP contribution in [0, 0.1) is 22.7 Å². The molecule has 0 spiro atoms. The number of rotatable bonds is 10. The molecule has 0 aliphatic rings. The van der Waals surface area contributed by atoms with Crippen molar-refractivity contribution < 1.29 is 14.2 Å². The molecule has 37 heavy (non-hydrogen) atoms. The number of nitrogens with zero attached hydrogens (tertiary/aromatic N) is 4. The first kappa shape index (κ1) is 25.9. The highest BCUT2D eigenvalue weighted by Gasteiger charge is 2.21. The molecular formula is C26H21FN6O2S2. The number of nitriles is 2. The molecule has 0 saturated heterocycles. The average molecular weight is 533 g/mol. The van der Waals surface area contributed by atoms with Crippen molar-refractivity contribution in [3.8, 4) is 29.0 Å². The van der Waals surface area contributed by atoms with E-state index in [4.69, 9.17) is 15.6 Å². The number of aliphatic hydroxyl groups excluding tert-OH is 1. The molecule has 0 amide bonds. The molecular weight excluding hydrogens is 511 g/mol. The van der Waals surface area contributed by atoms with Gasteiger partial charge in [-0.3, -0.25) is 0 Å². The number of hydrogen-bond donors (Lipinski definition) is 3. The van der Waals surface area contributed by atoms with Crippen molar-refractivity contribution in [2.75, 3.05) is 24.3 Å². The number of nitrogens with two attached hydrogens (primary N) is 1. The van der Waals surface area contributed by atoms with Gasteiger partial charge in [-0.05, 0) is 35.4 Å². The number of halogens is 1. The molecule has 2 aromatic heterocycles. The predicted octanol–water partition coefficient (Wildman–Crippen LogP) is 5.41. The Morgan fingerprint density at radius 3 is 2.59 bits per heavy atom. The molecule has 0 atom stereocenters. The van der Waals surface area contributed by atoms with Crippen molar-refractivity contribution in [1.82, 2.24) is 9.97 Å². The van der Waals surface area contributed by atoms with Gasteiger partial charge in [0.25, 0.3) is 0 Å². The molecule has 186 valence electrons. The lowest BCUT2D eigenvalue weighted by Gasteiger charge is -2.13. The predicted molar refractivity (Wildman–Crippen MR) is 142 cm³/mol. The van der Waals surface area contributed by atoms with E-state index in [-0.39, 0.29) is 30.2 Å². The summed E-state index contributed by atoms with van der Waals surface area (Å²) >= 11 is 2.71. The number of anilines is 3. The van der Waals surface area contributed by atoms with E-state index >= 15 is 0 Å². The van der Waals surface area contributed by atoms with Crippen LogP contribution in [0.4, 0.5) is 21.0 Å². The van der Waals surface area contributed by atoms with Gasteiger partial charge in [-0.2, -0.15) is 10.5 Å². The highest BCUT2D eigenvalue weighted by atomic mass is 32.2. The summed E-state index contributed by atoms with van der Waals surface area (Å²) in [6.07, 6.45) is 0. The van der Waals surface area contributed by atoms with Gasteiger partial charge in [0.15, 0.2) is 5.13 Å². The van der Waals surface area contributed by atoms with E-state index in [1.165, 1.54) is 23.1 Å². The number of hydrogen-bond acceptors (Lipinski definition) is 10. The fourth-order valence-corrected chi connectivity index (χ4v) is 5.22. The lowest BCUT2D eigenvalue weighted by Crippen LogP contribution is -2.04. The zero-order valence-electron chi connectivity index (χ0n) is 19.4. The Bertz CT molecular complexity index is 1480. The van der Waals surface area contributed by atoms with Crippen molar-refractivity contribution in [3.63, 3.8) is 0 Å². The fraction of sp³-hybridized carbons (Fsp3) is 0.154. The summed E-state index contributed by atoms with van der Waals surface area (Å²) in [7, 11) is 0.